The number of nitrogens with one attached hydrogen (secondary N) is 1. The third kappa shape index (κ3) is 6.16. The summed E-state index contributed by atoms with van der Waals surface area (Å²) in [5.74, 6) is 0.794. The Bertz CT molecular complexity index is 155. The molecule has 2 heteroatoms. The van der Waals surface area contributed by atoms with Crippen LogP contribution in [0.15, 0.2) is 0 Å². The smallest absolute Gasteiger partial charge is 0.00683 e. The maximum absolute atomic E-state index is 3.62. The lowest BCUT2D eigenvalue weighted by Gasteiger charge is -2.24. The molecule has 1 N–H and O–H groups in total. The SMILES string of the molecule is CCCCN(CC)CC(C)CNC1CC1. The average Bonchev–Trinajstić information content (AvgIpc) is 3.05. The van der Waals surface area contributed by atoms with Crippen LogP contribution in [0.25, 0.3) is 0 Å². The Morgan fingerprint density at radius 1 is 1.33 bits per heavy atom. The van der Waals surface area contributed by atoms with Gasteiger partial charge in [-0.2, -0.15) is 0 Å². The Morgan fingerprint density at radius 3 is 2.60 bits per heavy atom. The first-order valence-corrected chi connectivity index (χ1v) is 6.72. The highest BCUT2D eigenvalue weighted by Crippen LogP contribution is 2.18. The molecule has 0 aromatic carbocycles. The van der Waals surface area contributed by atoms with Crippen molar-refractivity contribution < 1.29 is 0 Å². The molecule has 0 heterocycles. The maximum atomic E-state index is 3.62. The van der Waals surface area contributed by atoms with Crippen molar-refractivity contribution in [3.63, 3.8) is 0 Å². The third-order valence-electron chi connectivity index (χ3n) is 3.18. The average molecular weight is 212 g/mol. The Morgan fingerprint density at radius 2 is 2.07 bits per heavy atom. The second-order valence-electron chi connectivity index (χ2n) is 5.03. The summed E-state index contributed by atoms with van der Waals surface area (Å²) in [5, 5.41) is 3.62. The van der Waals surface area contributed by atoms with Crippen LogP contribution in [-0.4, -0.2) is 37.1 Å². The van der Waals surface area contributed by atoms with Crippen LogP contribution in [0, 0.1) is 5.92 Å². The zero-order chi connectivity index (χ0) is 11.1. The lowest BCUT2D eigenvalue weighted by Crippen LogP contribution is -2.34. The molecule has 90 valence electrons. The normalized spacial score (nSPS) is 18.4. The molecule has 1 saturated carbocycles. The molecule has 0 saturated heterocycles. The molecule has 0 radical (unpaired) electrons. The van der Waals surface area contributed by atoms with Crippen LogP contribution in [0.5, 0.6) is 0 Å². The van der Waals surface area contributed by atoms with Crippen LogP contribution in [0.3, 0.4) is 0 Å². The molecule has 0 aliphatic heterocycles. The molecule has 0 bridgehead atoms. The number of hydrogen-bond acceptors (Lipinski definition) is 2. The fourth-order valence-corrected chi connectivity index (χ4v) is 1.92. The standard InChI is InChI=1S/C13H28N2/c1-4-6-9-15(5-2)11-12(3)10-14-13-7-8-13/h12-14H,4-11H2,1-3H3. The number of hydrogen-bond donors (Lipinski definition) is 1. The van der Waals surface area contributed by atoms with Crippen molar-refractivity contribution >= 4 is 0 Å². The van der Waals surface area contributed by atoms with Crippen LogP contribution in [0.4, 0.5) is 0 Å². The van der Waals surface area contributed by atoms with Gasteiger partial charge in [-0.05, 0) is 44.8 Å². The molecule has 1 aliphatic carbocycles. The summed E-state index contributed by atoms with van der Waals surface area (Å²) < 4.78 is 0. The Balaban J connectivity index is 2.05. The highest BCUT2D eigenvalue weighted by atomic mass is 15.1. The molecule has 1 aliphatic rings. The van der Waals surface area contributed by atoms with Gasteiger partial charge >= 0.3 is 0 Å². The maximum Gasteiger partial charge on any atom is 0.00683 e. The van der Waals surface area contributed by atoms with E-state index in [9.17, 15) is 0 Å². The quantitative estimate of drug-likeness (QED) is 0.632. The predicted molar refractivity (Wildman–Crippen MR) is 67.2 cm³/mol. The van der Waals surface area contributed by atoms with Crippen LogP contribution in [-0.2, 0) is 0 Å². The topological polar surface area (TPSA) is 15.3 Å². The van der Waals surface area contributed by atoms with E-state index in [-0.39, 0.29) is 0 Å². The van der Waals surface area contributed by atoms with Crippen molar-refractivity contribution in [2.45, 2.75) is 52.5 Å². The van der Waals surface area contributed by atoms with Gasteiger partial charge in [0.05, 0.1) is 0 Å². The zero-order valence-corrected chi connectivity index (χ0v) is 10.8. The first-order chi connectivity index (χ1) is 7.26. The molecule has 1 rings (SSSR count). The van der Waals surface area contributed by atoms with E-state index in [2.05, 4.69) is 31.0 Å². The molecule has 0 spiro atoms. The summed E-state index contributed by atoms with van der Waals surface area (Å²) in [6.07, 6.45) is 5.46. The first-order valence-electron chi connectivity index (χ1n) is 6.72. The van der Waals surface area contributed by atoms with Gasteiger partial charge < -0.3 is 10.2 Å². The third-order valence-corrected chi connectivity index (χ3v) is 3.18. The summed E-state index contributed by atoms with van der Waals surface area (Å²) in [7, 11) is 0. The second-order valence-corrected chi connectivity index (χ2v) is 5.03. The van der Waals surface area contributed by atoms with E-state index in [4.69, 9.17) is 0 Å². The second kappa shape index (κ2) is 7.24. The van der Waals surface area contributed by atoms with Gasteiger partial charge in [0.15, 0.2) is 0 Å². The molecule has 0 aromatic heterocycles. The fraction of sp³-hybridized carbons (Fsp3) is 1.00. The molecule has 2 nitrogen and oxygen atoms in total. The van der Waals surface area contributed by atoms with Gasteiger partial charge in [-0.15, -0.1) is 0 Å². The van der Waals surface area contributed by atoms with Crippen molar-refractivity contribution in [3.05, 3.63) is 0 Å². The molecule has 1 atom stereocenters. The molecule has 0 aromatic rings. The van der Waals surface area contributed by atoms with E-state index < -0.39 is 0 Å². The molecular weight excluding hydrogens is 184 g/mol. The summed E-state index contributed by atoms with van der Waals surface area (Å²) in [4.78, 5) is 2.59. The van der Waals surface area contributed by atoms with Crippen LogP contribution in [0.1, 0.15) is 46.5 Å². The highest BCUT2D eigenvalue weighted by molar-refractivity contribution is 4.81. The number of nitrogens with zero attached hydrogens (tertiary/aromatic N) is 1. The van der Waals surface area contributed by atoms with E-state index in [0.29, 0.717) is 0 Å². The van der Waals surface area contributed by atoms with Crippen LogP contribution < -0.4 is 5.32 Å². The van der Waals surface area contributed by atoms with Gasteiger partial charge in [-0.25, -0.2) is 0 Å². The highest BCUT2D eigenvalue weighted by Gasteiger charge is 2.21. The Kier molecular flexibility index (Phi) is 6.26. The predicted octanol–water partition coefficient (Wildman–Crippen LogP) is 2.50. The van der Waals surface area contributed by atoms with Crippen molar-refractivity contribution in [1.82, 2.24) is 10.2 Å². The van der Waals surface area contributed by atoms with Crippen molar-refractivity contribution in [3.8, 4) is 0 Å². The molecule has 15 heavy (non-hydrogen) atoms. The van der Waals surface area contributed by atoms with Gasteiger partial charge in [0.25, 0.3) is 0 Å². The first kappa shape index (κ1) is 13.0. The number of unbranched alkanes of at least 4 members (excludes halogenated alkanes) is 1. The van der Waals surface area contributed by atoms with E-state index >= 15 is 0 Å². The summed E-state index contributed by atoms with van der Waals surface area (Å²) >= 11 is 0. The van der Waals surface area contributed by atoms with Gasteiger partial charge in [-0.3, -0.25) is 0 Å². The summed E-state index contributed by atoms with van der Waals surface area (Å²) in [6.45, 7) is 11.9. The van der Waals surface area contributed by atoms with E-state index in [0.717, 1.165) is 12.0 Å². The van der Waals surface area contributed by atoms with Crippen molar-refractivity contribution in [1.29, 1.82) is 0 Å². The van der Waals surface area contributed by atoms with E-state index in [1.54, 1.807) is 0 Å². The summed E-state index contributed by atoms with van der Waals surface area (Å²) in [6, 6.07) is 0.859. The molecule has 0 amide bonds. The molecule has 1 unspecified atom stereocenters. The Labute approximate surface area is 95.4 Å². The van der Waals surface area contributed by atoms with Gasteiger partial charge in [0.2, 0.25) is 0 Å². The monoisotopic (exact) mass is 212 g/mol. The molecule has 1 fully saturated rings. The van der Waals surface area contributed by atoms with Gasteiger partial charge in [0.1, 0.15) is 0 Å². The minimum atomic E-state index is 0.794. The minimum absolute atomic E-state index is 0.794. The lowest BCUT2D eigenvalue weighted by atomic mass is 10.1. The number of rotatable bonds is 9. The summed E-state index contributed by atoms with van der Waals surface area (Å²) in [5.41, 5.74) is 0. The van der Waals surface area contributed by atoms with Crippen molar-refractivity contribution in [2.75, 3.05) is 26.2 Å². The van der Waals surface area contributed by atoms with Crippen LogP contribution >= 0.6 is 0 Å². The van der Waals surface area contributed by atoms with Crippen molar-refractivity contribution in [2.24, 2.45) is 5.92 Å². The van der Waals surface area contributed by atoms with Gasteiger partial charge in [-0.1, -0.05) is 27.2 Å². The largest absolute Gasteiger partial charge is 0.314 e. The van der Waals surface area contributed by atoms with E-state index in [1.165, 1.54) is 51.9 Å². The fourth-order valence-electron chi connectivity index (χ4n) is 1.92. The van der Waals surface area contributed by atoms with E-state index in [1.807, 2.05) is 0 Å². The lowest BCUT2D eigenvalue weighted by molar-refractivity contribution is 0.242. The van der Waals surface area contributed by atoms with Crippen LogP contribution in [0.2, 0.25) is 0 Å². The minimum Gasteiger partial charge on any atom is -0.314 e. The van der Waals surface area contributed by atoms with Gasteiger partial charge in [0, 0.05) is 12.6 Å². The zero-order valence-electron chi connectivity index (χ0n) is 10.8. The molecular formula is C13H28N2. The Hall–Kier alpha value is -0.0800.